The van der Waals surface area contributed by atoms with Crippen LogP contribution in [-0.2, 0) is 20.4 Å². The Morgan fingerprint density at radius 2 is 1.95 bits per heavy atom. The fourth-order valence-corrected chi connectivity index (χ4v) is 3.41. The van der Waals surface area contributed by atoms with Crippen molar-refractivity contribution in [1.82, 2.24) is 0 Å². The van der Waals surface area contributed by atoms with Crippen molar-refractivity contribution >= 4 is 19.7 Å². The van der Waals surface area contributed by atoms with Crippen molar-refractivity contribution in [3.63, 3.8) is 0 Å². The smallest absolute Gasteiger partial charge is 0.233 e. The van der Waals surface area contributed by atoms with Crippen molar-refractivity contribution in [2.75, 3.05) is 19.5 Å². The fourth-order valence-electron chi connectivity index (χ4n) is 1.88. The van der Waals surface area contributed by atoms with Crippen LogP contribution in [0.15, 0.2) is 24.3 Å². The van der Waals surface area contributed by atoms with Crippen molar-refractivity contribution in [3.05, 3.63) is 29.8 Å². The van der Waals surface area contributed by atoms with Crippen LogP contribution in [0.1, 0.15) is 26.3 Å². The highest BCUT2D eigenvalue weighted by Gasteiger charge is 2.29. The molecule has 0 aliphatic carbocycles. The van der Waals surface area contributed by atoms with Gasteiger partial charge in [-0.2, -0.15) is 0 Å². The predicted molar refractivity (Wildman–Crippen MR) is 85.2 cm³/mol. The van der Waals surface area contributed by atoms with Crippen LogP contribution in [0.3, 0.4) is 0 Å². The van der Waals surface area contributed by atoms with Crippen molar-refractivity contribution in [2.45, 2.75) is 27.4 Å². The van der Waals surface area contributed by atoms with E-state index in [4.69, 9.17) is 20.2 Å². The number of hydrogen-bond acceptors (Lipinski definition) is 4. The van der Waals surface area contributed by atoms with Gasteiger partial charge in [0.25, 0.3) is 0 Å². The molecule has 0 bridgehead atoms. The average Bonchev–Trinajstić information content (AvgIpc) is 2.33. The van der Waals surface area contributed by atoms with Gasteiger partial charge in [0.1, 0.15) is 5.75 Å². The van der Waals surface area contributed by atoms with E-state index in [2.05, 4.69) is 0 Å². The van der Waals surface area contributed by atoms with Crippen LogP contribution in [0.2, 0.25) is 0 Å². The van der Waals surface area contributed by atoms with Gasteiger partial charge in [-0.05, 0) is 23.1 Å². The van der Waals surface area contributed by atoms with Gasteiger partial charge >= 0.3 is 0 Å². The van der Waals surface area contributed by atoms with Gasteiger partial charge in [-0.3, -0.25) is 0 Å². The Labute approximate surface area is 131 Å². The van der Waals surface area contributed by atoms with Crippen molar-refractivity contribution in [1.29, 1.82) is 0 Å². The van der Waals surface area contributed by atoms with Crippen LogP contribution < -0.4 is 4.74 Å². The molecule has 0 aromatic heterocycles. The third-order valence-corrected chi connectivity index (χ3v) is 4.46. The number of rotatable bonds is 7. The first-order valence-electron chi connectivity index (χ1n) is 6.75. The average molecular weight is 335 g/mol. The minimum absolute atomic E-state index is 0.101. The van der Waals surface area contributed by atoms with Gasteiger partial charge in [0.2, 0.25) is 9.05 Å². The minimum Gasteiger partial charge on any atom is -0.493 e. The Hall–Kier alpha value is -0.780. The third kappa shape index (κ3) is 7.16. The number of benzene rings is 1. The Kier molecular flexibility index (Phi) is 6.50. The Balaban J connectivity index is 2.75. The zero-order valence-corrected chi connectivity index (χ0v) is 14.5. The summed E-state index contributed by atoms with van der Waals surface area (Å²) in [5, 5.41) is 0. The summed E-state index contributed by atoms with van der Waals surface area (Å²) in [6.45, 7) is 6.74. The zero-order chi connectivity index (χ0) is 16.1. The molecule has 120 valence electrons. The van der Waals surface area contributed by atoms with E-state index in [0.717, 1.165) is 5.56 Å². The Bertz CT molecular complexity index is 549. The molecule has 1 aromatic carbocycles. The van der Waals surface area contributed by atoms with Crippen molar-refractivity contribution in [3.8, 4) is 5.75 Å². The topological polar surface area (TPSA) is 52.6 Å². The number of hydrogen-bond donors (Lipinski definition) is 0. The molecule has 0 heterocycles. The van der Waals surface area contributed by atoms with E-state index < -0.39 is 9.05 Å². The molecular formula is C15H23ClO4S. The first kappa shape index (κ1) is 18.3. The fraction of sp³-hybridized carbons (Fsp3) is 0.600. The van der Waals surface area contributed by atoms with Crippen LogP contribution >= 0.6 is 10.7 Å². The summed E-state index contributed by atoms with van der Waals surface area (Å²) in [6, 6.07) is 7.56. The van der Waals surface area contributed by atoms with Gasteiger partial charge in [0, 0.05) is 23.7 Å². The molecule has 4 nitrogen and oxygen atoms in total. The highest BCUT2D eigenvalue weighted by atomic mass is 35.7. The normalized spacial score (nSPS) is 14.0. The molecule has 0 spiro atoms. The van der Waals surface area contributed by atoms with Gasteiger partial charge < -0.3 is 9.47 Å². The van der Waals surface area contributed by atoms with Crippen LogP contribution in [0, 0.1) is 11.3 Å². The van der Waals surface area contributed by atoms with E-state index in [-0.39, 0.29) is 17.1 Å². The second-order valence-corrected chi connectivity index (χ2v) is 8.98. The molecule has 21 heavy (non-hydrogen) atoms. The van der Waals surface area contributed by atoms with Crippen LogP contribution in [0.25, 0.3) is 0 Å². The second kappa shape index (κ2) is 7.47. The molecule has 0 N–H and O–H groups in total. The summed E-state index contributed by atoms with van der Waals surface area (Å²) in [7, 11) is 3.46. The summed E-state index contributed by atoms with van der Waals surface area (Å²) in [6.07, 6.45) is 0. The van der Waals surface area contributed by atoms with Gasteiger partial charge in [0.15, 0.2) is 0 Å². The van der Waals surface area contributed by atoms with Crippen molar-refractivity contribution < 1.29 is 17.9 Å². The molecule has 0 fully saturated rings. The molecule has 1 rings (SSSR count). The van der Waals surface area contributed by atoms with E-state index >= 15 is 0 Å². The van der Waals surface area contributed by atoms with Crippen LogP contribution in [-0.4, -0.2) is 27.9 Å². The molecule has 0 radical (unpaired) electrons. The maximum Gasteiger partial charge on any atom is 0.233 e. The van der Waals surface area contributed by atoms with E-state index in [1.165, 1.54) is 0 Å². The highest BCUT2D eigenvalue weighted by Crippen LogP contribution is 2.29. The zero-order valence-electron chi connectivity index (χ0n) is 12.9. The quantitative estimate of drug-likeness (QED) is 0.717. The molecule has 6 heteroatoms. The Morgan fingerprint density at radius 3 is 2.48 bits per heavy atom. The van der Waals surface area contributed by atoms with E-state index in [1.807, 2.05) is 45.0 Å². The van der Waals surface area contributed by atoms with Gasteiger partial charge in [0.05, 0.1) is 19.0 Å². The lowest BCUT2D eigenvalue weighted by molar-refractivity contribution is 0.162. The van der Waals surface area contributed by atoms with E-state index in [9.17, 15) is 8.42 Å². The van der Waals surface area contributed by atoms with E-state index in [1.54, 1.807) is 7.11 Å². The molecule has 0 aliphatic rings. The van der Waals surface area contributed by atoms with Crippen molar-refractivity contribution in [2.24, 2.45) is 11.3 Å². The maximum atomic E-state index is 11.3. The lowest BCUT2D eigenvalue weighted by Crippen LogP contribution is -2.31. The molecule has 0 saturated heterocycles. The summed E-state index contributed by atoms with van der Waals surface area (Å²) >= 11 is 0. The predicted octanol–water partition coefficient (Wildman–Crippen LogP) is 3.44. The SMILES string of the molecule is COCc1cccc(OCC(CS(=O)(=O)Cl)C(C)(C)C)c1. The first-order chi connectivity index (χ1) is 9.62. The number of methoxy groups -OCH3 is 1. The van der Waals surface area contributed by atoms with Gasteiger partial charge in [-0.25, -0.2) is 8.42 Å². The second-order valence-electron chi connectivity index (χ2n) is 6.16. The minimum atomic E-state index is -3.56. The molecule has 1 atom stereocenters. The maximum absolute atomic E-state index is 11.3. The molecule has 1 aromatic rings. The van der Waals surface area contributed by atoms with E-state index in [0.29, 0.717) is 19.0 Å². The summed E-state index contributed by atoms with van der Waals surface area (Å²) < 4.78 is 33.5. The molecule has 0 aliphatic heterocycles. The molecular weight excluding hydrogens is 312 g/mol. The number of ether oxygens (including phenoxy) is 2. The molecule has 0 saturated carbocycles. The summed E-state index contributed by atoms with van der Waals surface area (Å²) in [5.74, 6) is 0.410. The highest BCUT2D eigenvalue weighted by molar-refractivity contribution is 8.13. The largest absolute Gasteiger partial charge is 0.493 e. The van der Waals surface area contributed by atoms with Gasteiger partial charge in [-0.15, -0.1) is 0 Å². The van der Waals surface area contributed by atoms with Crippen LogP contribution in [0.4, 0.5) is 0 Å². The Morgan fingerprint density at radius 1 is 1.29 bits per heavy atom. The standard InChI is InChI=1S/C15H23ClO4S/c1-15(2,3)13(11-21(16,17)18)10-20-14-7-5-6-12(8-14)9-19-4/h5-8,13H,9-11H2,1-4H3. The van der Waals surface area contributed by atoms with Crippen LogP contribution in [0.5, 0.6) is 5.75 Å². The van der Waals surface area contributed by atoms with Gasteiger partial charge in [-0.1, -0.05) is 32.9 Å². The lowest BCUT2D eigenvalue weighted by Gasteiger charge is -2.29. The summed E-state index contributed by atoms with van der Waals surface area (Å²) in [5.41, 5.74) is 0.791. The first-order valence-corrected chi connectivity index (χ1v) is 9.22. The lowest BCUT2D eigenvalue weighted by atomic mass is 9.82. The summed E-state index contributed by atoms with van der Waals surface area (Å²) in [4.78, 5) is 0. The molecule has 0 amide bonds. The third-order valence-electron chi connectivity index (χ3n) is 3.29. The number of halogens is 1. The molecule has 1 unspecified atom stereocenters. The monoisotopic (exact) mass is 334 g/mol.